The minimum Gasteiger partial charge on any atom is -0.507 e. The minimum absolute atomic E-state index is 0.0519. The molecular weight excluding hydrogens is 276 g/mol. The summed E-state index contributed by atoms with van der Waals surface area (Å²) in [7, 11) is 0. The topological polar surface area (TPSA) is 57.5 Å². The number of phenolic OH excluding ortho intramolecular Hbond substituents is 1. The number of carbonyl (C=O) groups is 1. The van der Waals surface area contributed by atoms with Gasteiger partial charge in [0.1, 0.15) is 5.75 Å². The third-order valence-electron chi connectivity index (χ3n) is 3.75. The van der Waals surface area contributed by atoms with Crippen molar-refractivity contribution in [2.45, 2.75) is 12.5 Å². The van der Waals surface area contributed by atoms with Gasteiger partial charge in [0.2, 0.25) is 0 Å². The van der Waals surface area contributed by atoms with Gasteiger partial charge in [0.05, 0.1) is 11.7 Å². The summed E-state index contributed by atoms with van der Waals surface area (Å²) in [5.41, 5.74) is 0.962. The van der Waals surface area contributed by atoms with Crippen LogP contribution in [0.5, 0.6) is 5.75 Å². The Labute approximate surface area is 128 Å². The SMILES string of the molecule is O=C(CC(O)c1ccccc1)c1c(O)ccc2ccccc12. The van der Waals surface area contributed by atoms with Crippen LogP contribution < -0.4 is 0 Å². The van der Waals surface area contributed by atoms with Gasteiger partial charge < -0.3 is 10.2 Å². The average molecular weight is 292 g/mol. The molecule has 0 aliphatic rings. The molecule has 22 heavy (non-hydrogen) atoms. The van der Waals surface area contributed by atoms with Gasteiger partial charge in [-0.05, 0) is 22.4 Å². The number of hydrogen-bond acceptors (Lipinski definition) is 3. The highest BCUT2D eigenvalue weighted by molar-refractivity contribution is 6.10. The summed E-state index contributed by atoms with van der Waals surface area (Å²) in [5, 5.41) is 21.9. The Morgan fingerprint density at radius 1 is 0.909 bits per heavy atom. The lowest BCUT2D eigenvalue weighted by Crippen LogP contribution is -2.08. The van der Waals surface area contributed by atoms with Gasteiger partial charge in [0.15, 0.2) is 5.78 Å². The van der Waals surface area contributed by atoms with Gasteiger partial charge in [-0.25, -0.2) is 0 Å². The fraction of sp³-hybridized carbons (Fsp3) is 0.105. The fourth-order valence-electron chi connectivity index (χ4n) is 2.62. The molecule has 0 aliphatic carbocycles. The predicted molar refractivity (Wildman–Crippen MR) is 86.0 cm³/mol. The summed E-state index contributed by atoms with van der Waals surface area (Å²) in [4.78, 5) is 12.5. The number of rotatable bonds is 4. The molecule has 0 saturated carbocycles. The van der Waals surface area contributed by atoms with E-state index in [2.05, 4.69) is 0 Å². The maximum atomic E-state index is 12.5. The zero-order valence-electron chi connectivity index (χ0n) is 11.9. The highest BCUT2D eigenvalue weighted by atomic mass is 16.3. The van der Waals surface area contributed by atoms with Gasteiger partial charge in [0, 0.05) is 6.42 Å². The monoisotopic (exact) mass is 292 g/mol. The van der Waals surface area contributed by atoms with E-state index >= 15 is 0 Å². The quantitative estimate of drug-likeness (QED) is 0.718. The Bertz CT molecular complexity index is 809. The van der Waals surface area contributed by atoms with Crippen LogP contribution >= 0.6 is 0 Å². The van der Waals surface area contributed by atoms with Crippen molar-refractivity contribution in [3.8, 4) is 5.75 Å². The molecule has 0 fully saturated rings. The molecule has 0 saturated heterocycles. The number of aromatic hydroxyl groups is 1. The van der Waals surface area contributed by atoms with Gasteiger partial charge >= 0.3 is 0 Å². The minimum atomic E-state index is -0.882. The van der Waals surface area contributed by atoms with Crippen LogP contribution in [0.4, 0.5) is 0 Å². The zero-order valence-corrected chi connectivity index (χ0v) is 11.9. The molecule has 0 spiro atoms. The molecule has 1 unspecified atom stereocenters. The number of hydrogen-bond donors (Lipinski definition) is 2. The largest absolute Gasteiger partial charge is 0.507 e. The molecule has 0 aliphatic heterocycles. The molecule has 1 atom stereocenters. The van der Waals surface area contributed by atoms with Crippen LogP contribution in [0.2, 0.25) is 0 Å². The summed E-state index contributed by atoms with van der Waals surface area (Å²) in [6.07, 6.45) is -0.946. The molecular formula is C19H16O3. The first-order valence-corrected chi connectivity index (χ1v) is 7.14. The zero-order chi connectivity index (χ0) is 15.5. The summed E-state index contributed by atoms with van der Waals surface area (Å²) >= 11 is 0. The van der Waals surface area contributed by atoms with Crippen molar-refractivity contribution < 1.29 is 15.0 Å². The molecule has 0 amide bonds. The van der Waals surface area contributed by atoms with E-state index in [1.54, 1.807) is 24.3 Å². The second kappa shape index (κ2) is 6.00. The van der Waals surface area contributed by atoms with Crippen molar-refractivity contribution in [1.29, 1.82) is 0 Å². The van der Waals surface area contributed by atoms with E-state index in [1.165, 1.54) is 6.07 Å². The molecule has 3 heteroatoms. The smallest absolute Gasteiger partial charge is 0.170 e. The molecule has 3 aromatic carbocycles. The molecule has 3 aromatic rings. The number of Topliss-reactive ketones (excluding diaryl/α,β-unsaturated/α-hetero) is 1. The molecule has 3 nitrogen and oxygen atoms in total. The van der Waals surface area contributed by atoms with E-state index in [9.17, 15) is 15.0 Å². The van der Waals surface area contributed by atoms with Crippen LogP contribution in [0, 0.1) is 0 Å². The van der Waals surface area contributed by atoms with Crippen LogP contribution in [-0.4, -0.2) is 16.0 Å². The van der Waals surface area contributed by atoms with E-state index in [1.807, 2.05) is 36.4 Å². The van der Waals surface area contributed by atoms with Crippen molar-refractivity contribution in [2.24, 2.45) is 0 Å². The van der Waals surface area contributed by atoms with Gasteiger partial charge in [-0.2, -0.15) is 0 Å². The third kappa shape index (κ3) is 2.71. The Kier molecular flexibility index (Phi) is 3.90. The van der Waals surface area contributed by atoms with Crippen molar-refractivity contribution in [3.63, 3.8) is 0 Å². The summed E-state index contributed by atoms with van der Waals surface area (Å²) in [5.74, 6) is -0.324. The molecule has 0 radical (unpaired) electrons. The number of aliphatic hydroxyl groups is 1. The Hall–Kier alpha value is -2.65. The molecule has 2 N–H and O–H groups in total. The van der Waals surface area contributed by atoms with Crippen LogP contribution in [0.15, 0.2) is 66.7 Å². The first-order valence-electron chi connectivity index (χ1n) is 7.14. The third-order valence-corrected chi connectivity index (χ3v) is 3.75. The predicted octanol–water partition coefficient (Wildman–Crippen LogP) is 3.85. The lowest BCUT2D eigenvalue weighted by Gasteiger charge is -2.12. The first kappa shape index (κ1) is 14.3. The number of benzene rings is 3. The summed E-state index contributed by atoms with van der Waals surface area (Å²) in [6.45, 7) is 0. The maximum absolute atomic E-state index is 12.5. The van der Waals surface area contributed by atoms with Crippen LogP contribution in [0.1, 0.15) is 28.4 Å². The molecule has 0 aromatic heterocycles. The highest BCUT2D eigenvalue weighted by Gasteiger charge is 2.19. The molecule has 0 heterocycles. The lowest BCUT2D eigenvalue weighted by molar-refractivity contribution is 0.0879. The van der Waals surface area contributed by atoms with Gasteiger partial charge in [-0.3, -0.25) is 4.79 Å². The van der Waals surface area contributed by atoms with Crippen LogP contribution in [0.3, 0.4) is 0 Å². The second-order valence-corrected chi connectivity index (χ2v) is 5.23. The van der Waals surface area contributed by atoms with Gasteiger partial charge in [0.25, 0.3) is 0 Å². The second-order valence-electron chi connectivity index (χ2n) is 5.23. The Morgan fingerprint density at radius 3 is 2.36 bits per heavy atom. The normalized spacial score (nSPS) is 12.2. The number of carbonyl (C=O) groups excluding carboxylic acids is 1. The van der Waals surface area contributed by atoms with Crippen molar-refractivity contribution >= 4 is 16.6 Å². The highest BCUT2D eigenvalue weighted by Crippen LogP contribution is 2.30. The standard InChI is InChI=1S/C19H16O3/c20-16-11-10-13-6-4-5-9-15(13)19(16)18(22)12-17(21)14-7-2-1-3-8-14/h1-11,17,20-21H,12H2. The molecule has 110 valence electrons. The Balaban J connectivity index is 1.94. The average Bonchev–Trinajstić information content (AvgIpc) is 2.55. The van der Waals surface area contributed by atoms with Crippen LogP contribution in [-0.2, 0) is 0 Å². The number of fused-ring (bicyclic) bond motifs is 1. The lowest BCUT2D eigenvalue weighted by atomic mass is 9.95. The molecule has 0 bridgehead atoms. The van der Waals surface area contributed by atoms with Crippen molar-refractivity contribution in [1.82, 2.24) is 0 Å². The van der Waals surface area contributed by atoms with Crippen molar-refractivity contribution in [3.05, 3.63) is 77.9 Å². The Morgan fingerprint density at radius 2 is 1.59 bits per heavy atom. The van der Waals surface area contributed by atoms with E-state index in [0.717, 1.165) is 5.39 Å². The number of phenols is 1. The first-order chi connectivity index (χ1) is 10.7. The number of aliphatic hydroxyl groups excluding tert-OH is 1. The van der Waals surface area contributed by atoms with Crippen molar-refractivity contribution in [2.75, 3.05) is 0 Å². The van der Waals surface area contributed by atoms with Gasteiger partial charge in [-0.15, -0.1) is 0 Å². The van der Waals surface area contributed by atoms with Crippen LogP contribution in [0.25, 0.3) is 10.8 Å². The fourth-order valence-corrected chi connectivity index (χ4v) is 2.62. The van der Waals surface area contributed by atoms with E-state index in [0.29, 0.717) is 10.9 Å². The number of ketones is 1. The van der Waals surface area contributed by atoms with E-state index in [-0.39, 0.29) is 23.5 Å². The van der Waals surface area contributed by atoms with Gasteiger partial charge in [-0.1, -0.05) is 60.7 Å². The summed E-state index contributed by atoms with van der Waals surface area (Å²) < 4.78 is 0. The molecule has 3 rings (SSSR count). The van der Waals surface area contributed by atoms with E-state index < -0.39 is 6.10 Å². The summed E-state index contributed by atoms with van der Waals surface area (Å²) in [6, 6.07) is 19.7. The van der Waals surface area contributed by atoms with E-state index in [4.69, 9.17) is 0 Å². The maximum Gasteiger partial charge on any atom is 0.170 e.